The van der Waals surface area contributed by atoms with E-state index in [0.29, 0.717) is 17.9 Å². The highest BCUT2D eigenvalue weighted by molar-refractivity contribution is 5.95. The van der Waals surface area contributed by atoms with Crippen molar-refractivity contribution in [2.45, 2.75) is 70.9 Å². The molecule has 174 valence electrons. The van der Waals surface area contributed by atoms with Gasteiger partial charge in [0.05, 0.1) is 12.0 Å². The summed E-state index contributed by atoms with van der Waals surface area (Å²) >= 11 is 0. The average molecular weight is 447 g/mol. The van der Waals surface area contributed by atoms with E-state index in [0.717, 1.165) is 38.5 Å². The van der Waals surface area contributed by atoms with Crippen molar-refractivity contribution in [2.24, 2.45) is 11.8 Å². The van der Waals surface area contributed by atoms with Crippen LogP contribution in [-0.4, -0.2) is 28.9 Å². The van der Waals surface area contributed by atoms with Crippen molar-refractivity contribution in [3.05, 3.63) is 65.5 Å². The van der Waals surface area contributed by atoms with Crippen LogP contribution >= 0.6 is 0 Å². The minimum Gasteiger partial charge on any atom is -0.349 e. The second kappa shape index (κ2) is 12.2. The molecule has 1 heterocycles. The quantitative estimate of drug-likeness (QED) is 0.603. The summed E-state index contributed by atoms with van der Waals surface area (Å²) in [6.07, 6.45) is 9.48. The van der Waals surface area contributed by atoms with Gasteiger partial charge in [0.15, 0.2) is 0 Å². The van der Waals surface area contributed by atoms with Crippen LogP contribution in [0.4, 0.5) is 0 Å². The zero-order chi connectivity index (χ0) is 23.6. The van der Waals surface area contributed by atoms with Crippen LogP contribution in [0.25, 0.3) is 0 Å². The Bertz CT molecular complexity index is 950. The van der Waals surface area contributed by atoms with Gasteiger partial charge in [-0.2, -0.15) is 5.26 Å². The Morgan fingerprint density at radius 2 is 1.67 bits per heavy atom. The third kappa shape index (κ3) is 7.42. The molecule has 0 radical (unpaired) electrons. The van der Waals surface area contributed by atoms with E-state index in [4.69, 9.17) is 0 Å². The molecule has 1 saturated carbocycles. The average Bonchev–Trinajstić information content (AvgIpc) is 2.83. The number of nitrogens with one attached hydrogen (secondary N) is 2. The molecule has 0 spiro atoms. The highest BCUT2D eigenvalue weighted by Crippen LogP contribution is 2.25. The van der Waals surface area contributed by atoms with E-state index in [1.165, 1.54) is 11.1 Å². The van der Waals surface area contributed by atoms with E-state index < -0.39 is 6.04 Å². The Morgan fingerprint density at radius 1 is 1.03 bits per heavy atom. The predicted octanol–water partition coefficient (Wildman–Crippen LogP) is 4.21. The molecule has 0 unspecified atom stereocenters. The maximum absolute atomic E-state index is 12.9. The molecule has 6 heteroatoms. The van der Waals surface area contributed by atoms with Crippen LogP contribution in [0.15, 0.2) is 48.8 Å². The zero-order valence-electron chi connectivity index (χ0n) is 19.6. The number of rotatable bonds is 9. The maximum atomic E-state index is 12.9. The summed E-state index contributed by atoms with van der Waals surface area (Å²) in [5.41, 5.74) is 3.01. The van der Waals surface area contributed by atoms with Crippen molar-refractivity contribution in [2.75, 3.05) is 0 Å². The molecule has 1 aromatic heterocycles. The van der Waals surface area contributed by atoms with Crippen LogP contribution in [-0.2, 0) is 17.6 Å². The molecular formula is C27H34N4O2. The molecule has 2 aromatic rings. The molecule has 2 amide bonds. The monoisotopic (exact) mass is 446 g/mol. The molecule has 0 saturated heterocycles. The summed E-state index contributed by atoms with van der Waals surface area (Å²) in [5, 5.41) is 15.3. The molecule has 2 N–H and O–H groups in total. The molecule has 1 aliphatic carbocycles. The lowest BCUT2D eigenvalue weighted by Crippen LogP contribution is -2.50. The first-order valence-electron chi connectivity index (χ1n) is 11.9. The van der Waals surface area contributed by atoms with E-state index in [1.807, 2.05) is 50.2 Å². The lowest BCUT2D eigenvalue weighted by molar-refractivity contribution is -0.127. The van der Waals surface area contributed by atoms with Gasteiger partial charge in [0.2, 0.25) is 5.91 Å². The molecule has 0 aliphatic heterocycles. The van der Waals surface area contributed by atoms with Crippen LogP contribution in [0.3, 0.4) is 0 Å². The Hall–Kier alpha value is -3.20. The van der Waals surface area contributed by atoms with Gasteiger partial charge in [0.25, 0.3) is 5.91 Å². The van der Waals surface area contributed by atoms with Gasteiger partial charge in [-0.25, -0.2) is 0 Å². The summed E-state index contributed by atoms with van der Waals surface area (Å²) in [5.74, 6) is -0.257. The van der Waals surface area contributed by atoms with E-state index in [1.54, 1.807) is 12.4 Å². The van der Waals surface area contributed by atoms with Crippen LogP contribution in [0, 0.1) is 23.2 Å². The number of hydrogen-bond donors (Lipinski definition) is 2. The van der Waals surface area contributed by atoms with E-state index in [2.05, 4.69) is 21.7 Å². The second-order valence-electron chi connectivity index (χ2n) is 9.34. The number of nitrogens with zero attached hydrogens (tertiary/aromatic N) is 2. The highest BCUT2D eigenvalue weighted by Gasteiger charge is 2.33. The fraction of sp³-hybridized carbons (Fsp3) is 0.481. The van der Waals surface area contributed by atoms with Crippen LogP contribution in [0.5, 0.6) is 0 Å². The third-order valence-electron chi connectivity index (χ3n) is 6.27. The molecule has 33 heavy (non-hydrogen) atoms. The van der Waals surface area contributed by atoms with Gasteiger partial charge in [0.1, 0.15) is 6.04 Å². The SMILES string of the molecule is CC(C)C[C@@H](C#N)NC(=O)[C@@H]1CCCC[C@@H]1NC(=O)c1ccc(CCc2ccncc2)cc1. The van der Waals surface area contributed by atoms with Crippen molar-refractivity contribution >= 4 is 11.8 Å². The Balaban J connectivity index is 1.57. The summed E-state index contributed by atoms with van der Waals surface area (Å²) < 4.78 is 0. The number of carbonyl (C=O) groups is 2. The van der Waals surface area contributed by atoms with Crippen molar-refractivity contribution < 1.29 is 9.59 Å². The lowest BCUT2D eigenvalue weighted by Gasteiger charge is -2.32. The molecule has 0 bridgehead atoms. The molecule has 1 aromatic carbocycles. The molecule has 3 rings (SSSR count). The number of nitriles is 1. The first-order chi connectivity index (χ1) is 16.0. The minimum absolute atomic E-state index is 0.126. The predicted molar refractivity (Wildman–Crippen MR) is 128 cm³/mol. The summed E-state index contributed by atoms with van der Waals surface area (Å²) in [6, 6.07) is 13.2. The Morgan fingerprint density at radius 3 is 2.30 bits per heavy atom. The Kier molecular flexibility index (Phi) is 9.00. The van der Waals surface area contributed by atoms with Gasteiger partial charge in [-0.15, -0.1) is 0 Å². The van der Waals surface area contributed by atoms with Crippen LogP contribution in [0.2, 0.25) is 0 Å². The summed E-state index contributed by atoms with van der Waals surface area (Å²) in [7, 11) is 0. The van der Waals surface area contributed by atoms with E-state index in [-0.39, 0.29) is 23.8 Å². The molecule has 1 aliphatic rings. The zero-order valence-corrected chi connectivity index (χ0v) is 19.6. The van der Waals surface area contributed by atoms with E-state index in [9.17, 15) is 14.9 Å². The number of amides is 2. The third-order valence-corrected chi connectivity index (χ3v) is 6.27. The number of benzene rings is 1. The first-order valence-corrected chi connectivity index (χ1v) is 11.9. The summed E-state index contributed by atoms with van der Waals surface area (Å²) in [6.45, 7) is 4.06. The number of hydrogen-bond acceptors (Lipinski definition) is 4. The van der Waals surface area contributed by atoms with Gasteiger partial charge < -0.3 is 10.6 Å². The van der Waals surface area contributed by atoms with Crippen molar-refractivity contribution in [3.8, 4) is 6.07 Å². The maximum Gasteiger partial charge on any atom is 0.251 e. The lowest BCUT2D eigenvalue weighted by atomic mass is 9.83. The van der Waals surface area contributed by atoms with Crippen molar-refractivity contribution in [3.63, 3.8) is 0 Å². The smallest absolute Gasteiger partial charge is 0.251 e. The van der Waals surface area contributed by atoms with Gasteiger partial charge in [0, 0.05) is 24.0 Å². The van der Waals surface area contributed by atoms with E-state index >= 15 is 0 Å². The minimum atomic E-state index is -0.490. The van der Waals surface area contributed by atoms with Gasteiger partial charge in [-0.05, 0) is 73.4 Å². The largest absolute Gasteiger partial charge is 0.349 e. The number of pyridine rings is 1. The Labute approximate surface area is 196 Å². The van der Waals surface area contributed by atoms with Gasteiger partial charge in [-0.1, -0.05) is 38.8 Å². The standard InChI is InChI=1S/C27H34N4O2/c1-19(2)17-23(18-28)30-27(33)24-5-3-4-6-25(24)31-26(32)22-11-9-20(10-12-22)7-8-21-13-15-29-16-14-21/h9-16,19,23-25H,3-8,17H2,1-2H3,(H,30,33)(H,31,32)/t23-,24+,25-/m0/s1. The summed E-state index contributed by atoms with van der Waals surface area (Å²) in [4.78, 5) is 29.8. The molecular weight excluding hydrogens is 412 g/mol. The molecule has 6 nitrogen and oxygen atoms in total. The fourth-order valence-electron chi connectivity index (χ4n) is 4.42. The van der Waals surface area contributed by atoms with Crippen molar-refractivity contribution in [1.29, 1.82) is 5.26 Å². The van der Waals surface area contributed by atoms with Crippen LogP contribution < -0.4 is 10.6 Å². The van der Waals surface area contributed by atoms with Crippen LogP contribution in [0.1, 0.15) is 67.4 Å². The van der Waals surface area contributed by atoms with Crippen molar-refractivity contribution in [1.82, 2.24) is 15.6 Å². The number of aryl methyl sites for hydroxylation is 2. The van der Waals surface area contributed by atoms with Gasteiger partial charge in [-0.3, -0.25) is 14.6 Å². The highest BCUT2D eigenvalue weighted by atomic mass is 16.2. The molecule has 3 atom stereocenters. The first kappa shape index (κ1) is 24.4. The topological polar surface area (TPSA) is 94.9 Å². The molecule has 1 fully saturated rings. The number of carbonyl (C=O) groups excluding carboxylic acids is 2. The fourth-order valence-corrected chi connectivity index (χ4v) is 4.42. The number of aromatic nitrogens is 1. The normalized spacial score (nSPS) is 18.8. The second-order valence-corrected chi connectivity index (χ2v) is 9.34. The van der Waals surface area contributed by atoms with Gasteiger partial charge >= 0.3 is 0 Å².